The first kappa shape index (κ1) is 22.8. The van der Waals surface area contributed by atoms with Gasteiger partial charge in [0.1, 0.15) is 0 Å². The van der Waals surface area contributed by atoms with E-state index in [0.717, 1.165) is 21.4 Å². The molecule has 0 saturated heterocycles. The Labute approximate surface area is 217 Å². The maximum Gasteiger partial charge on any atom is 0.266 e. The molecule has 6 nitrogen and oxygen atoms in total. The Hall–Kier alpha value is -4.68. The predicted molar refractivity (Wildman–Crippen MR) is 144 cm³/mol. The maximum atomic E-state index is 13.3. The third kappa shape index (κ3) is 3.97. The minimum absolute atomic E-state index is 0.179. The summed E-state index contributed by atoms with van der Waals surface area (Å²) < 4.78 is 2.05. The van der Waals surface area contributed by atoms with E-state index in [-0.39, 0.29) is 16.6 Å². The molecule has 2 heterocycles. The number of nitrogens with one attached hydrogen (secondary N) is 1. The maximum absolute atomic E-state index is 13.3. The Morgan fingerprint density at radius 3 is 2.19 bits per heavy atom. The number of hydrogen-bond acceptors (Lipinski definition) is 3. The van der Waals surface area contributed by atoms with Gasteiger partial charge in [0.15, 0.2) is 0 Å². The van der Waals surface area contributed by atoms with Gasteiger partial charge in [-0.25, -0.2) is 4.90 Å². The Kier molecular flexibility index (Phi) is 5.58. The molecule has 5 aromatic rings. The highest BCUT2D eigenvalue weighted by Gasteiger charge is 2.37. The van der Waals surface area contributed by atoms with E-state index in [1.807, 2.05) is 54.7 Å². The molecular weight excluding hydrogens is 486 g/mol. The lowest BCUT2D eigenvalue weighted by Gasteiger charge is -2.17. The Balaban J connectivity index is 1.28. The summed E-state index contributed by atoms with van der Waals surface area (Å²) in [7, 11) is 0. The number of benzene rings is 4. The number of nitrogens with zero attached hydrogens (tertiary/aromatic N) is 2. The minimum atomic E-state index is -0.426. The van der Waals surface area contributed by atoms with Crippen molar-refractivity contribution in [2.45, 2.75) is 6.54 Å². The van der Waals surface area contributed by atoms with Crippen molar-refractivity contribution in [1.82, 2.24) is 4.57 Å². The molecule has 0 bridgehead atoms. The number of fused-ring (bicyclic) bond motifs is 2. The number of imide groups is 1. The second kappa shape index (κ2) is 9.08. The quantitative estimate of drug-likeness (QED) is 0.281. The molecule has 180 valence electrons. The lowest BCUT2D eigenvalue weighted by molar-refractivity contribution is 0.0924. The highest BCUT2D eigenvalue weighted by Crippen LogP contribution is 2.35. The second-order valence-corrected chi connectivity index (χ2v) is 9.19. The lowest BCUT2D eigenvalue weighted by atomic mass is 10.1. The van der Waals surface area contributed by atoms with E-state index in [4.69, 9.17) is 11.6 Å². The predicted octanol–water partition coefficient (Wildman–Crippen LogP) is 6.40. The summed E-state index contributed by atoms with van der Waals surface area (Å²) in [5.41, 5.74) is 3.89. The van der Waals surface area contributed by atoms with Crippen LogP contribution in [0.1, 0.15) is 36.6 Å². The molecule has 0 radical (unpaired) electrons. The van der Waals surface area contributed by atoms with E-state index in [2.05, 4.69) is 9.88 Å². The van der Waals surface area contributed by atoms with Crippen molar-refractivity contribution in [3.05, 3.63) is 131 Å². The molecule has 4 aromatic carbocycles. The van der Waals surface area contributed by atoms with Gasteiger partial charge in [0.25, 0.3) is 17.7 Å². The number of amides is 3. The van der Waals surface area contributed by atoms with Gasteiger partial charge in [-0.2, -0.15) is 0 Å². The molecule has 6 rings (SSSR count). The van der Waals surface area contributed by atoms with Crippen LogP contribution >= 0.6 is 11.6 Å². The van der Waals surface area contributed by atoms with Gasteiger partial charge in [0, 0.05) is 23.8 Å². The molecule has 1 aromatic heterocycles. The highest BCUT2D eigenvalue weighted by molar-refractivity contribution is 6.40. The summed E-state index contributed by atoms with van der Waals surface area (Å²) in [6, 6.07) is 29.0. The van der Waals surface area contributed by atoms with Crippen LogP contribution in [0, 0.1) is 0 Å². The Morgan fingerprint density at radius 1 is 0.784 bits per heavy atom. The van der Waals surface area contributed by atoms with Gasteiger partial charge in [0.2, 0.25) is 0 Å². The fourth-order valence-corrected chi connectivity index (χ4v) is 4.99. The van der Waals surface area contributed by atoms with E-state index in [9.17, 15) is 14.4 Å². The number of rotatable bonds is 5. The largest absolute Gasteiger partial charge is 0.342 e. The molecule has 7 heteroatoms. The van der Waals surface area contributed by atoms with Crippen LogP contribution in [0.5, 0.6) is 0 Å². The first-order chi connectivity index (χ1) is 18.0. The van der Waals surface area contributed by atoms with E-state index >= 15 is 0 Å². The molecular formula is C30H20ClN3O3. The summed E-state index contributed by atoms with van der Waals surface area (Å²) in [5.74, 6) is -1.14. The molecule has 0 spiro atoms. The van der Waals surface area contributed by atoms with Gasteiger partial charge in [-0.15, -0.1) is 0 Å². The Morgan fingerprint density at radius 2 is 1.49 bits per heavy atom. The monoisotopic (exact) mass is 505 g/mol. The fraction of sp³-hybridized carbons (Fsp3) is 0.0333. The average molecular weight is 506 g/mol. The topological polar surface area (TPSA) is 71.4 Å². The van der Waals surface area contributed by atoms with Crippen molar-refractivity contribution in [2.24, 2.45) is 0 Å². The third-order valence-electron chi connectivity index (χ3n) is 6.47. The molecule has 37 heavy (non-hydrogen) atoms. The molecule has 0 saturated carbocycles. The van der Waals surface area contributed by atoms with Crippen LogP contribution in [0.15, 0.2) is 103 Å². The number of carbonyl (C=O) groups excluding carboxylic acids is 3. The fourth-order valence-electron chi connectivity index (χ4n) is 4.73. The average Bonchev–Trinajstić information content (AvgIpc) is 3.43. The molecule has 0 aliphatic carbocycles. The summed E-state index contributed by atoms with van der Waals surface area (Å²) >= 11 is 6.50. The summed E-state index contributed by atoms with van der Waals surface area (Å²) in [6.07, 6.45) is 1.97. The van der Waals surface area contributed by atoms with Crippen molar-refractivity contribution in [3.8, 4) is 0 Å². The van der Waals surface area contributed by atoms with E-state index < -0.39 is 11.8 Å². The minimum Gasteiger partial charge on any atom is -0.342 e. The number of carbonyl (C=O) groups is 3. The van der Waals surface area contributed by atoms with E-state index in [0.29, 0.717) is 28.9 Å². The Bertz CT molecular complexity index is 1670. The zero-order chi connectivity index (χ0) is 25.5. The van der Waals surface area contributed by atoms with Crippen molar-refractivity contribution in [2.75, 3.05) is 10.2 Å². The third-order valence-corrected chi connectivity index (χ3v) is 6.77. The summed E-state index contributed by atoms with van der Waals surface area (Å²) in [4.78, 5) is 40.1. The van der Waals surface area contributed by atoms with Crippen molar-refractivity contribution in [1.29, 1.82) is 0 Å². The first-order valence-electron chi connectivity index (χ1n) is 11.7. The van der Waals surface area contributed by atoms with Gasteiger partial charge < -0.3 is 9.88 Å². The summed E-state index contributed by atoms with van der Waals surface area (Å²) in [6.45, 7) is 0.634. The van der Waals surface area contributed by atoms with Crippen molar-refractivity contribution in [3.63, 3.8) is 0 Å². The number of para-hydroxylation sites is 1. The van der Waals surface area contributed by atoms with Gasteiger partial charge in [-0.05, 0) is 48.0 Å². The van der Waals surface area contributed by atoms with Crippen molar-refractivity contribution >= 4 is 51.6 Å². The SMILES string of the molecule is O=C(Nc1ccc(N2C(=O)c3ccccc3C2=O)c(Cl)c1)c1cccc2ccn(Cc3ccccc3)c12. The molecule has 1 N–H and O–H groups in total. The van der Waals surface area contributed by atoms with Crippen molar-refractivity contribution < 1.29 is 14.4 Å². The molecule has 0 unspecified atom stereocenters. The van der Waals surface area contributed by atoms with Crippen LogP contribution in [-0.4, -0.2) is 22.3 Å². The number of anilines is 2. The molecule has 0 atom stereocenters. The van der Waals surface area contributed by atoms with Crippen LogP contribution in [0.2, 0.25) is 5.02 Å². The number of aromatic nitrogens is 1. The normalized spacial score (nSPS) is 12.7. The zero-order valence-electron chi connectivity index (χ0n) is 19.5. The number of halogens is 1. The molecule has 1 aliphatic rings. The van der Waals surface area contributed by atoms with Gasteiger partial charge in [-0.3, -0.25) is 14.4 Å². The standard InChI is InChI=1S/C30H20ClN3O3/c31-25-17-21(13-14-26(25)34-29(36)22-10-4-5-11-23(22)30(34)37)32-28(35)24-12-6-9-20-15-16-33(27(20)24)18-19-7-2-1-3-8-19/h1-17H,18H2,(H,32,35). The van der Waals surface area contributed by atoms with Crippen LogP contribution in [-0.2, 0) is 6.54 Å². The van der Waals surface area contributed by atoms with Crippen LogP contribution in [0.4, 0.5) is 11.4 Å². The van der Waals surface area contributed by atoms with Crippen LogP contribution in [0.3, 0.4) is 0 Å². The van der Waals surface area contributed by atoms with E-state index in [1.54, 1.807) is 48.5 Å². The summed E-state index contributed by atoms with van der Waals surface area (Å²) in [5, 5.41) is 4.04. The molecule has 0 fully saturated rings. The highest BCUT2D eigenvalue weighted by atomic mass is 35.5. The molecule has 3 amide bonds. The number of hydrogen-bond donors (Lipinski definition) is 1. The van der Waals surface area contributed by atoms with Gasteiger partial charge in [-0.1, -0.05) is 66.2 Å². The molecule has 1 aliphatic heterocycles. The second-order valence-electron chi connectivity index (χ2n) is 8.78. The van der Waals surface area contributed by atoms with Gasteiger partial charge >= 0.3 is 0 Å². The van der Waals surface area contributed by atoms with Crippen LogP contribution < -0.4 is 10.2 Å². The van der Waals surface area contributed by atoms with Gasteiger partial charge in [0.05, 0.1) is 32.9 Å². The zero-order valence-corrected chi connectivity index (χ0v) is 20.3. The smallest absolute Gasteiger partial charge is 0.266 e. The van der Waals surface area contributed by atoms with E-state index in [1.165, 1.54) is 0 Å². The lowest BCUT2D eigenvalue weighted by Crippen LogP contribution is -2.29. The van der Waals surface area contributed by atoms with Crippen LogP contribution in [0.25, 0.3) is 10.9 Å². The first-order valence-corrected chi connectivity index (χ1v) is 12.1.